The summed E-state index contributed by atoms with van der Waals surface area (Å²) in [6.07, 6.45) is 6.58. The lowest BCUT2D eigenvalue weighted by Crippen LogP contribution is -2.32. The predicted molar refractivity (Wildman–Crippen MR) is 159 cm³/mol. The Hall–Kier alpha value is -4.34. The molecule has 9 nitrogen and oxygen atoms in total. The zero-order valence-electron chi connectivity index (χ0n) is 22.8. The second kappa shape index (κ2) is 11.2. The topological polar surface area (TPSA) is 103 Å². The number of hydrogen-bond acceptors (Lipinski definition) is 7. The van der Waals surface area contributed by atoms with Crippen LogP contribution in [0.3, 0.4) is 0 Å². The van der Waals surface area contributed by atoms with Gasteiger partial charge < -0.3 is 28.5 Å². The summed E-state index contributed by atoms with van der Waals surface area (Å²) in [7, 11) is 0. The van der Waals surface area contributed by atoms with E-state index in [1.54, 1.807) is 24.5 Å². The quantitative estimate of drug-likeness (QED) is 0.202. The SMILES string of the molecule is O=C(O)c1ccc2nc(CC3=CCN(c4cccc(OCc5ccc(Cl)c6ccoc56)n4)CC3)n(C[C@@H]3CCO3)c2c1. The standard InChI is InChI=1S/C32H29ClN4O5/c33-25-6-4-22(31-24(25)11-15-41-31)19-42-30-3-1-2-28(35-30)36-12-8-20(9-13-36)16-29-34-26-7-5-21(32(38)39)17-27(26)37(29)18-23-10-14-40-23/h1-8,11,15,17,23H,9-10,12-14,16,18-19H2,(H,38,39)/t23-/m0/s1. The number of pyridine rings is 1. The van der Waals surface area contributed by atoms with Crippen molar-refractivity contribution in [3.63, 3.8) is 0 Å². The van der Waals surface area contributed by atoms with E-state index in [9.17, 15) is 9.90 Å². The van der Waals surface area contributed by atoms with E-state index in [1.165, 1.54) is 5.57 Å². The Labute approximate surface area is 246 Å². The molecule has 2 aromatic carbocycles. The summed E-state index contributed by atoms with van der Waals surface area (Å²) >= 11 is 6.27. The lowest BCUT2D eigenvalue weighted by Gasteiger charge is -2.29. The fraction of sp³-hybridized carbons (Fsp3) is 0.281. The van der Waals surface area contributed by atoms with Gasteiger partial charge in [0.25, 0.3) is 0 Å². The smallest absolute Gasteiger partial charge is 0.335 e. The minimum Gasteiger partial charge on any atom is -0.478 e. The van der Waals surface area contributed by atoms with E-state index in [-0.39, 0.29) is 11.7 Å². The predicted octanol–water partition coefficient (Wildman–Crippen LogP) is 6.28. The zero-order chi connectivity index (χ0) is 28.6. The first-order valence-corrected chi connectivity index (χ1v) is 14.4. The van der Waals surface area contributed by atoms with Crippen molar-refractivity contribution in [1.29, 1.82) is 0 Å². The largest absolute Gasteiger partial charge is 0.478 e. The normalized spacial score (nSPS) is 16.9. The van der Waals surface area contributed by atoms with Gasteiger partial charge in [0.15, 0.2) is 0 Å². The Morgan fingerprint density at radius 3 is 2.83 bits per heavy atom. The van der Waals surface area contributed by atoms with Crippen LogP contribution in [0.5, 0.6) is 5.88 Å². The van der Waals surface area contributed by atoms with Crippen molar-refractivity contribution in [1.82, 2.24) is 14.5 Å². The summed E-state index contributed by atoms with van der Waals surface area (Å²) in [6, 6.07) is 16.5. The molecule has 1 fully saturated rings. The molecule has 42 heavy (non-hydrogen) atoms. The van der Waals surface area contributed by atoms with Crippen LogP contribution in [-0.4, -0.2) is 51.4 Å². The molecule has 5 aromatic rings. The van der Waals surface area contributed by atoms with Crippen molar-refractivity contribution in [2.24, 2.45) is 0 Å². The van der Waals surface area contributed by atoms with Crippen LogP contribution in [0.2, 0.25) is 5.02 Å². The summed E-state index contributed by atoms with van der Waals surface area (Å²) in [6.45, 7) is 3.31. The number of imidazole rings is 1. The average molecular weight is 585 g/mol. The molecule has 1 saturated heterocycles. The highest BCUT2D eigenvalue weighted by Gasteiger charge is 2.24. The first-order chi connectivity index (χ1) is 20.5. The summed E-state index contributed by atoms with van der Waals surface area (Å²) in [5.74, 6) is 1.40. The van der Waals surface area contributed by atoms with Crippen molar-refractivity contribution >= 4 is 45.4 Å². The van der Waals surface area contributed by atoms with E-state index in [2.05, 4.69) is 15.5 Å². The molecule has 214 valence electrons. The Bertz CT molecular complexity index is 1820. The maximum Gasteiger partial charge on any atom is 0.335 e. The van der Waals surface area contributed by atoms with E-state index in [0.29, 0.717) is 30.5 Å². The molecule has 1 atom stereocenters. The third-order valence-electron chi connectivity index (χ3n) is 8.00. The van der Waals surface area contributed by atoms with E-state index in [4.69, 9.17) is 35.5 Å². The van der Waals surface area contributed by atoms with E-state index in [0.717, 1.165) is 71.7 Å². The number of ether oxygens (including phenoxy) is 2. The van der Waals surface area contributed by atoms with Gasteiger partial charge in [-0.25, -0.2) is 9.78 Å². The number of carboxylic acid groups (broad SMARTS) is 1. The number of fused-ring (bicyclic) bond motifs is 2. The molecule has 0 bridgehead atoms. The summed E-state index contributed by atoms with van der Waals surface area (Å²) in [5.41, 5.74) is 4.84. The van der Waals surface area contributed by atoms with Crippen LogP contribution in [0, 0.1) is 0 Å². The van der Waals surface area contributed by atoms with Crippen molar-refractivity contribution in [3.8, 4) is 5.88 Å². The van der Waals surface area contributed by atoms with Gasteiger partial charge in [-0.1, -0.05) is 35.4 Å². The van der Waals surface area contributed by atoms with E-state index >= 15 is 0 Å². The molecule has 0 unspecified atom stereocenters. The number of anilines is 1. The monoisotopic (exact) mass is 584 g/mol. The lowest BCUT2D eigenvalue weighted by atomic mass is 10.0. The minimum absolute atomic E-state index is 0.135. The van der Waals surface area contributed by atoms with Gasteiger partial charge in [0.1, 0.15) is 23.8 Å². The maximum atomic E-state index is 11.6. The molecule has 2 aliphatic heterocycles. The van der Waals surface area contributed by atoms with Gasteiger partial charge in [-0.15, -0.1) is 0 Å². The zero-order valence-corrected chi connectivity index (χ0v) is 23.6. The van der Waals surface area contributed by atoms with Crippen LogP contribution in [0.1, 0.15) is 34.6 Å². The molecule has 10 heteroatoms. The third-order valence-corrected chi connectivity index (χ3v) is 8.33. The number of furan rings is 1. The van der Waals surface area contributed by atoms with Crippen LogP contribution in [0.4, 0.5) is 5.82 Å². The second-order valence-electron chi connectivity index (χ2n) is 10.7. The van der Waals surface area contributed by atoms with Gasteiger partial charge in [-0.2, -0.15) is 4.98 Å². The van der Waals surface area contributed by atoms with Crippen LogP contribution in [-0.2, 0) is 24.3 Å². The van der Waals surface area contributed by atoms with Crippen LogP contribution >= 0.6 is 11.6 Å². The second-order valence-corrected chi connectivity index (χ2v) is 11.1. The van der Waals surface area contributed by atoms with Gasteiger partial charge in [-0.05, 0) is 49.2 Å². The van der Waals surface area contributed by atoms with Gasteiger partial charge in [0, 0.05) is 43.1 Å². The van der Waals surface area contributed by atoms with Gasteiger partial charge >= 0.3 is 5.97 Å². The molecule has 1 N–H and O–H groups in total. The number of carbonyl (C=O) groups is 1. The molecular formula is C32H29ClN4O5. The number of hydrogen-bond donors (Lipinski definition) is 1. The highest BCUT2D eigenvalue weighted by molar-refractivity contribution is 6.35. The highest BCUT2D eigenvalue weighted by Crippen LogP contribution is 2.29. The fourth-order valence-electron chi connectivity index (χ4n) is 5.57. The molecule has 0 amide bonds. The van der Waals surface area contributed by atoms with Gasteiger partial charge in [0.2, 0.25) is 5.88 Å². The fourth-order valence-corrected chi connectivity index (χ4v) is 5.78. The number of halogens is 1. The Balaban J connectivity index is 1.05. The van der Waals surface area contributed by atoms with Gasteiger partial charge in [-0.3, -0.25) is 0 Å². The molecule has 0 aliphatic carbocycles. The first kappa shape index (κ1) is 26.6. The van der Waals surface area contributed by atoms with Crippen LogP contribution < -0.4 is 9.64 Å². The molecule has 7 rings (SSSR count). The Morgan fingerprint density at radius 2 is 2.05 bits per heavy atom. The molecule has 0 saturated carbocycles. The molecule has 0 spiro atoms. The number of benzene rings is 2. The maximum absolute atomic E-state index is 11.6. The number of rotatable bonds is 9. The summed E-state index contributed by atoms with van der Waals surface area (Å²) in [5, 5.41) is 11.0. The Morgan fingerprint density at radius 1 is 1.14 bits per heavy atom. The number of carboxylic acids is 1. The highest BCUT2D eigenvalue weighted by atomic mass is 35.5. The van der Waals surface area contributed by atoms with Gasteiger partial charge in [0.05, 0.1) is 40.5 Å². The van der Waals surface area contributed by atoms with Crippen LogP contribution in [0.25, 0.3) is 22.0 Å². The summed E-state index contributed by atoms with van der Waals surface area (Å²) < 4.78 is 19.5. The van der Waals surface area contributed by atoms with E-state index in [1.807, 2.05) is 36.4 Å². The molecule has 2 aliphatic rings. The summed E-state index contributed by atoms with van der Waals surface area (Å²) in [4.78, 5) is 23.5. The lowest BCUT2D eigenvalue weighted by molar-refractivity contribution is -0.0589. The minimum atomic E-state index is -0.941. The van der Waals surface area contributed by atoms with Crippen LogP contribution in [0.15, 0.2) is 76.9 Å². The third kappa shape index (κ3) is 5.21. The van der Waals surface area contributed by atoms with E-state index < -0.39 is 5.97 Å². The molecule has 0 radical (unpaired) electrons. The van der Waals surface area contributed by atoms with Crippen molar-refractivity contribution < 1.29 is 23.8 Å². The number of aromatic nitrogens is 3. The molecule has 5 heterocycles. The van der Waals surface area contributed by atoms with Crippen molar-refractivity contribution in [2.45, 2.75) is 38.5 Å². The number of aromatic carboxylic acids is 1. The average Bonchev–Trinajstić information content (AvgIpc) is 3.61. The van der Waals surface area contributed by atoms with Crippen molar-refractivity contribution in [3.05, 3.63) is 94.5 Å². The first-order valence-electron chi connectivity index (χ1n) is 14.0. The number of nitrogens with zero attached hydrogens (tertiary/aromatic N) is 4. The molecule has 3 aromatic heterocycles. The Kier molecular flexibility index (Phi) is 7.05. The molecular weight excluding hydrogens is 556 g/mol. The van der Waals surface area contributed by atoms with Crippen molar-refractivity contribution in [2.75, 3.05) is 24.6 Å².